The van der Waals surface area contributed by atoms with E-state index in [-0.39, 0.29) is 0 Å². The van der Waals surface area contributed by atoms with Gasteiger partial charge in [-0.1, -0.05) is 11.6 Å². The summed E-state index contributed by atoms with van der Waals surface area (Å²) in [6.45, 7) is 0.866. The van der Waals surface area contributed by atoms with Gasteiger partial charge in [0, 0.05) is 13.0 Å². The highest BCUT2D eigenvalue weighted by molar-refractivity contribution is 7.19. The van der Waals surface area contributed by atoms with E-state index in [2.05, 4.69) is 10.3 Å². The number of nitrogens with zero attached hydrogens (tertiary/aromatic N) is 1. The number of hydrogen-bond acceptors (Lipinski definition) is 4. The van der Waals surface area contributed by atoms with Crippen molar-refractivity contribution in [3.8, 4) is 10.6 Å². The van der Waals surface area contributed by atoms with Gasteiger partial charge < -0.3 is 9.73 Å². The Morgan fingerprint density at radius 3 is 3.07 bits per heavy atom. The van der Waals surface area contributed by atoms with Gasteiger partial charge in [-0.25, -0.2) is 4.98 Å². The third kappa shape index (κ3) is 2.59. The molecule has 2 aromatic rings. The molecule has 0 aliphatic heterocycles. The Balaban J connectivity index is 2.13. The normalized spacial score (nSPS) is 10.8. The second-order valence-electron chi connectivity index (χ2n) is 3.08. The number of likely N-dealkylation sites (N-methyl/N-ethyl adjacent to an activating group) is 1. The van der Waals surface area contributed by atoms with Gasteiger partial charge in [0.1, 0.15) is 0 Å². The molecule has 0 bridgehead atoms. The number of nitrogens with one attached hydrogen (secondary N) is 1. The van der Waals surface area contributed by atoms with Gasteiger partial charge in [-0.15, -0.1) is 11.3 Å². The standard InChI is InChI=1S/C10H11ClN2OS/c1-12-5-4-10-13-6-7(14-10)8-2-3-9(11)15-8/h2-3,6,12H,4-5H2,1H3. The van der Waals surface area contributed by atoms with Gasteiger partial charge in [-0.05, 0) is 19.2 Å². The van der Waals surface area contributed by atoms with E-state index in [1.165, 1.54) is 11.3 Å². The van der Waals surface area contributed by atoms with E-state index in [1.807, 2.05) is 19.2 Å². The Labute approximate surface area is 97.1 Å². The number of aromatic nitrogens is 1. The second-order valence-corrected chi connectivity index (χ2v) is 4.79. The lowest BCUT2D eigenvalue weighted by molar-refractivity contribution is 0.501. The summed E-state index contributed by atoms with van der Waals surface area (Å²) in [6, 6.07) is 3.80. The second kappa shape index (κ2) is 4.79. The fourth-order valence-electron chi connectivity index (χ4n) is 1.22. The fourth-order valence-corrected chi connectivity index (χ4v) is 2.21. The number of halogens is 1. The SMILES string of the molecule is CNCCc1ncc(-c2ccc(Cl)s2)o1. The maximum Gasteiger partial charge on any atom is 0.196 e. The van der Waals surface area contributed by atoms with Crippen molar-refractivity contribution in [1.82, 2.24) is 10.3 Å². The molecule has 0 saturated carbocycles. The van der Waals surface area contributed by atoms with Gasteiger partial charge in [-0.3, -0.25) is 0 Å². The van der Waals surface area contributed by atoms with Crippen LogP contribution in [-0.2, 0) is 6.42 Å². The van der Waals surface area contributed by atoms with E-state index in [0.29, 0.717) is 0 Å². The van der Waals surface area contributed by atoms with Gasteiger partial charge in [0.05, 0.1) is 15.4 Å². The molecule has 5 heteroatoms. The van der Waals surface area contributed by atoms with Crippen molar-refractivity contribution in [2.75, 3.05) is 13.6 Å². The molecule has 0 saturated heterocycles. The number of oxazole rings is 1. The number of hydrogen-bond donors (Lipinski definition) is 1. The highest BCUT2D eigenvalue weighted by Crippen LogP contribution is 2.31. The molecule has 0 atom stereocenters. The van der Waals surface area contributed by atoms with Crippen molar-refractivity contribution in [2.24, 2.45) is 0 Å². The lowest BCUT2D eigenvalue weighted by Crippen LogP contribution is -2.10. The van der Waals surface area contributed by atoms with Crippen LogP contribution < -0.4 is 5.32 Å². The van der Waals surface area contributed by atoms with Crippen LogP contribution in [0.25, 0.3) is 10.6 Å². The van der Waals surface area contributed by atoms with Crippen molar-refractivity contribution >= 4 is 22.9 Å². The average molecular weight is 243 g/mol. The molecule has 2 heterocycles. The van der Waals surface area contributed by atoms with Crippen molar-refractivity contribution in [3.63, 3.8) is 0 Å². The third-order valence-corrected chi connectivity index (χ3v) is 3.20. The van der Waals surface area contributed by atoms with Gasteiger partial charge in [0.25, 0.3) is 0 Å². The monoisotopic (exact) mass is 242 g/mol. The minimum Gasteiger partial charge on any atom is -0.440 e. The highest BCUT2D eigenvalue weighted by Gasteiger charge is 2.07. The average Bonchev–Trinajstić information content (AvgIpc) is 2.83. The number of rotatable bonds is 4. The lowest BCUT2D eigenvalue weighted by atomic mass is 10.4. The Morgan fingerprint density at radius 1 is 1.53 bits per heavy atom. The maximum atomic E-state index is 5.85. The topological polar surface area (TPSA) is 38.1 Å². The molecule has 0 aliphatic rings. The molecule has 1 N–H and O–H groups in total. The largest absolute Gasteiger partial charge is 0.440 e. The smallest absolute Gasteiger partial charge is 0.196 e. The molecule has 2 rings (SSSR count). The van der Waals surface area contributed by atoms with E-state index in [1.54, 1.807) is 6.20 Å². The first-order chi connectivity index (χ1) is 7.29. The van der Waals surface area contributed by atoms with Crippen LogP contribution in [0.5, 0.6) is 0 Å². The van der Waals surface area contributed by atoms with Gasteiger partial charge in [-0.2, -0.15) is 0 Å². The molecule has 0 radical (unpaired) electrons. The fraction of sp³-hybridized carbons (Fsp3) is 0.300. The maximum absolute atomic E-state index is 5.85. The molecule has 2 aromatic heterocycles. The number of thiophene rings is 1. The molecule has 3 nitrogen and oxygen atoms in total. The first-order valence-corrected chi connectivity index (χ1v) is 5.84. The summed E-state index contributed by atoms with van der Waals surface area (Å²) in [5.74, 6) is 1.54. The van der Waals surface area contributed by atoms with E-state index in [4.69, 9.17) is 16.0 Å². The minimum atomic E-state index is 0.754. The van der Waals surface area contributed by atoms with Crippen LogP contribution >= 0.6 is 22.9 Å². The Hall–Kier alpha value is -0.840. The summed E-state index contributed by atoms with van der Waals surface area (Å²) in [5.41, 5.74) is 0. The molecule has 15 heavy (non-hydrogen) atoms. The first kappa shape index (κ1) is 10.7. The zero-order valence-corrected chi connectivity index (χ0v) is 9.86. The van der Waals surface area contributed by atoms with Gasteiger partial charge in [0.15, 0.2) is 11.7 Å². The summed E-state index contributed by atoms with van der Waals surface area (Å²) in [6.07, 6.45) is 2.54. The molecule has 80 valence electrons. The molecular weight excluding hydrogens is 232 g/mol. The van der Waals surface area contributed by atoms with Crippen molar-refractivity contribution in [1.29, 1.82) is 0 Å². The lowest BCUT2D eigenvalue weighted by Gasteiger charge is -1.93. The summed E-state index contributed by atoms with van der Waals surface area (Å²) in [4.78, 5) is 5.21. The van der Waals surface area contributed by atoms with Crippen molar-refractivity contribution in [3.05, 3.63) is 28.6 Å². The van der Waals surface area contributed by atoms with Crippen molar-refractivity contribution < 1.29 is 4.42 Å². The summed E-state index contributed by atoms with van der Waals surface area (Å²) in [5, 5.41) is 3.05. The minimum absolute atomic E-state index is 0.754. The van der Waals surface area contributed by atoms with Crippen LogP contribution in [0.2, 0.25) is 4.34 Å². The predicted molar refractivity (Wildman–Crippen MR) is 62.5 cm³/mol. The van der Waals surface area contributed by atoms with Crippen molar-refractivity contribution in [2.45, 2.75) is 6.42 Å². The Morgan fingerprint density at radius 2 is 2.40 bits per heavy atom. The first-order valence-electron chi connectivity index (χ1n) is 4.64. The Kier molecular flexibility index (Phi) is 3.41. The van der Waals surface area contributed by atoms with E-state index in [0.717, 1.165) is 33.8 Å². The van der Waals surface area contributed by atoms with Gasteiger partial charge >= 0.3 is 0 Å². The summed E-state index contributed by atoms with van der Waals surface area (Å²) in [7, 11) is 1.91. The van der Waals surface area contributed by atoms with Crippen LogP contribution in [0.1, 0.15) is 5.89 Å². The van der Waals surface area contributed by atoms with Crippen LogP contribution in [0.4, 0.5) is 0 Å². The Bertz CT molecular complexity index is 438. The van der Waals surface area contributed by atoms with Crippen LogP contribution in [0.15, 0.2) is 22.7 Å². The van der Waals surface area contributed by atoms with Crippen LogP contribution in [0.3, 0.4) is 0 Å². The summed E-state index contributed by atoms with van der Waals surface area (Å²) < 4.78 is 6.35. The van der Waals surface area contributed by atoms with E-state index >= 15 is 0 Å². The molecular formula is C10H11ClN2OS. The zero-order valence-electron chi connectivity index (χ0n) is 8.29. The molecule has 0 unspecified atom stereocenters. The third-order valence-electron chi connectivity index (χ3n) is 1.96. The van der Waals surface area contributed by atoms with E-state index in [9.17, 15) is 0 Å². The molecule has 0 spiro atoms. The molecule has 0 aromatic carbocycles. The zero-order chi connectivity index (χ0) is 10.7. The van der Waals surface area contributed by atoms with Crippen LogP contribution in [0, 0.1) is 0 Å². The molecule has 0 aliphatic carbocycles. The molecule has 0 fully saturated rings. The van der Waals surface area contributed by atoms with Gasteiger partial charge in [0.2, 0.25) is 0 Å². The quantitative estimate of drug-likeness (QED) is 0.896. The van der Waals surface area contributed by atoms with Crippen LogP contribution in [-0.4, -0.2) is 18.6 Å². The summed E-state index contributed by atoms with van der Waals surface area (Å²) >= 11 is 7.34. The molecule has 0 amide bonds. The predicted octanol–water partition coefficient (Wildman–Crippen LogP) is 2.82. The van der Waals surface area contributed by atoms with E-state index < -0.39 is 0 Å². The highest BCUT2D eigenvalue weighted by atomic mass is 35.5.